The van der Waals surface area contributed by atoms with Crippen molar-refractivity contribution < 1.29 is 9.53 Å². The van der Waals surface area contributed by atoms with Gasteiger partial charge in [0.05, 0.1) is 6.04 Å². The first-order valence-corrected chi connectivity index (χ1v) is 7.51. The molecule has 3 aliphatic rings. The molecule has 3 aliphatic heterocycles. The quantitative estimate of drug-likeness (QED) is 0.827. The lowest BCUT2D eigenvalue weighted by Crippen LogP contribution is -2.59. The molecule has 3 saturated heterocycles. The third kappa shape index (κ3) is 1.74. The summed E-state index contributed by atoms with van der Waals surface area (Å²) in [6.45, 7) is 3.85. The molecule has 0 radical (unpaired) electrons. The van der Waals surface area contributed by atoms with Crippen molar-refractivity contribution in [2.45, 2.75) is 50.5 Å². The predicted octanol–water partition coefficient (Wildman–Crippen LogP) is 2.24. The van der Waals surface area contributed by atoms with Crippen LogP contribution in [-0.4, -0.2) is 46.7 Å². The number of benzene rings is 1. The number of fused-ring (bicyclic) bond motifs is 4. The summed E-state index contributed by atoms with van der Waals surface area (Å²) in [5.41, 5.74) is 1.36. The maximum Gasteiger partial charge on any atom is 0.410 e. The van der Waals surface area contributed by atoms with Gasteiger partial charge < -0.3 is 4.74 Å². The zero-order chi connectivity index (χ0) is 13.7. The topological polar surface area (TPSA) is 32.8 Å². The SMILES string of the molecule is CC1OC(=O)N2CC3CCC(C12)N3Cc1ccccc1. The van der Waals surface area contributed by atoms with E-state index in [-0.39, 0.29) is 18.2 Å². The van der Waals surface area contributed by atoms with Crippen molar-refractivity contribution >= 4 is 6.09 Å². The lowest BCUT2D eigenvalue weighted by atomic mass is 9.99. The fourth-order valence-corrected chi connectivity index (χ4v) is 4.18. The van der Waals surface area contributed by atoms with E-state index in [0.717, 1.165) is 13.1 Å². The Morgan fingerprint density at radius 3 is 2.85 bits per heavy atom. The number of amides is 1. The average Bonchev–Trinajstić information content (AvgIpc) is 2.87. The molecule has 0 saturated carbocycles. The molecule has 3 heterocycles. The first-order chi connectivity index (χ1) is 9.74. The van der Waals surface area contributed by atoms with Gasteiger partial charge in [0.15, 0.2) is 0 Å². The lowest BCUT2D eigenvalue weighted by Gasteiger charge is -2.43. The van der Waals surface area contributed by atoms with E-state index in [1.54, 1.807) is 0 Å². The average molecular weight is 272 g/mol. The number of carbonyl (C=O) groups excluding carboxylic acids is 1. The summed E-state index contributed by atoms with van der Waals surface area (Å²) in [6, 6.07) is 11.8. The Morgan fingerprint density at radius 2 is 2.05 bits per heavy atom. The molecule has 1 aromatic carbocycles. The number of carbonyl (C=O) groups is 1. The predicted molar refractivity (Wildman–Crippen MR) is 75.2 cm³/mol. The van der Waals surface area contributed by atoms with Crippen LogP contribution >= 0.6 is 0 Å². The number of hydrogen-bond acceptors (Lipinski definition) is 3. The minimum Gasteiger partial charge on any atom is -0.444 e. The van der Waals surface area contributed by atoms with Gasteiger partial charge in [-0.25, -0.2) is 4.79 Å². The Hall–Kier alpha value is -1.55. The fraction of sp³-hybridized carbons (Fsp3) is 0.562. The Labute approximate surface area is 119 Å². The molecule has 1 amide bonds. The molecule has 20 heavy (non-hydrogen) atoms. The molecule has 4 heteroatoms. The van der Waals surface area contributed by atoms with E-state index in [1.165, 1.54) is 18.4 Å². The molecule has 4 unspecified atom stereocenters. The van der Waals surface area contributed by atoms with Gasteiger partial charge in [0.25, 0.3) is 0 Å². The van der Waals surface area contributed by atoms with Crippen molar-refractivity contribution in [2.75, 3.05) is 6.54 Å². The van der Waals surface area contributed by atoms with E-state index < -0.39 is 0 Å². The minimum absolute atomic E-state index is 0.0184. The van der Waals surface area contributed by atoms with E-state index >= 15 is 0 Å². The molecule has 0 spiro atoms. The second kappa shape index (κ2) is 4.48. The molecule has 4 rings (SSSR count). The third-order valence-electron chi connectivity index (χ3n) is 5.06. The highest BCUT2D eigenvalue weighted by Crippen LogP contribution is 2.40. The van der Waals surface area contributed by atoms with Gasteiger partial charge in [0.2, 0.25) is 0 Å². The monoisotopic (exact) mass is 272 g/mol. The van der Waals surface area contributed by atoms with E-state index in [1.807, 2.05) is 11.8 Å². The van der Waals surface area contributed by atoms with E-state index in [4.69, 9.17) is 4.74 Å². The maximum absolute atomic E-state index is 11.9. The van der Waals surface area contributed by atoms with Crippen LogP contribution < -0.4 is 0 Å². The standard InChI is InChI=1S/C16H20N2O2/c1-11-15-14-8-7-13(10-18(15)16(19)20-11)17(14)9-12-5-3-2-4-6-12/h2-6,11,13-15H,7-10H2,1H3. The van der Waals surface area contributed by atoms with Crippen LogP contribution in [0.1, 0.15) is 25.3 Å². The number of cyclic esters (lactones) is 1. The van der Waals surface area contributed by atoms with Gasteiger partial charge >= 0.3 is 6.09 Å². The first-order valence-electron chi connectivity index (χ1n) is 7.51. The summed E-state index contributed by atoms with van der Waals surface area (Å²) >= 11 is 0. The summed E-state index contributed by atoms with van der Waals surface area (Å²) in [7, 11) is 0. The summed E-state index contributed by atoms with van der Waals surface area (Å²) in [5, 5.41) is 0. The van der Waals surface area contributed by atoms with Crippen LogP contribution in [-0.2, 0) is 11.3 Å². The highest BCUT2D eigenvalue weighted by atomic mass is 16.6. The Kier molecular flexibility index (Phi) is 2.74. The molecule has 1 aromatic rings. The van der Waals surface area contributed by atoms with Crippen LogP contribution in [0.25, 0.3) is 0 Å². The van der Waals surface area contributed by atoms with Crippen molar-refractivity contribution in [1.29, 1.82) is 0 Å². The van der Waals surface area contributed by atoms with Gasteiger partial charge in [0, 0.05) is 25.2 Å². The molecular weight excluding hydrogens is 252 g/mol. The van der Waals surface area contributed by atoms with Gasteiger partial charge in [0.1, 0.15) is 6.10 Å². The number of rotatable bonds is 2. The van der Waals surface area contributed by atoms with Crippen LogP contribution in [0.4, 0.5) is 4.79 Å². The fourth-order valence-electron chi connectivity index (χ4n) is 4.18. The summed E-state index contributed by atoms with van der Waals surface area (Å²) in [4.78, 5) is 16.4. The van der Waals surface area contributed by atoms with Crippen molar-refractivity contribution in [3.05, 3.63) is 35.9 Å². The third-order valence-corrected chi connectivity index (χ3v) is 5.06. The number of ether oxygens (including phenoxy) is 1. The van der Waals surface area contributed by atoms with Crippen LogP contribution in [0.2, 0.25) is 0 Å². The Balaban J connectivity index is 1.59. The maximum atomic E-state index is 11.9. The van der Waals surface area contributed by atoms with Crippen molar-refractivity contribution in [3.8, 4) is 0 Å². The lowest BCUT2D eigenvalue weighted by molar-refractivity contribution is 0.0395. The van der Waals surface area contributed by atoms with E-state index in [0.29, 0.717) is 12.1 Å². The van der Waals surface area contributed by atoms with Crippen LogP contribution in [0, 0.1) is 0 Å². The first kappa shape index (κ1) is 12.2. The molecule has 0 N–H and O–H groups in total. The molecule has 4 atom stereocenters. The highest BCUT2D eigenvalue weighted by molar-refractivity contribution is 5.71. The van der Waals surface area contributed by atoms with E-state index in [2.05, 4.69) is 35.2 Å². The largest absolute Gasteiger partial charge is 0.444 e. The Morgan fingerprint density at radius 1 is 1.25 bits per heavy atom. The molecule has 0 aliphatic carbocycles. The zero-order valence-corrected chi connectivity index (χ0v) is 11.7. The number of piperazine rings is 1. The molecule has 4 nitrogen and oxygen atoms in total. The van der Waals surface area contributed by atoms with Crippen LogP contribution in [0.5, 0.6) is 0 Å². The number of nitrogens with zero attached hydrogens (tertiary/aromatic N) is 2. The van der Waals surface area contributed by atoms with Crippen molar-refractivity contribution in [3.63, 3.8) is 0 Å². The van der Waals surface area contributed by atoms with Gasteiger partial charge in [-0.1, -0.05) is 30.3 Å². The molecular formula is C16H20N2O2. The zero-order valence-electron chi connectivity index (χ0n) is 11.7. The summed E-state index contributed by atoms with van der Waals surface area (Å²) < 4.78 is 5.42. The van der Waals surface area contributed by atoms with Crippen LogP contribution in [0.15, 0.2) is 30.3 Å². The Bertz CT molecular complexity index is 518. The molecule has 3 fully saturated rings. The minimum atomic E-state index is -0.112. The molecule has 106 valence electrons. The van der Waals surface area contributed by atoms with Crippen molar-refractivity contribution in [1.82, 2.24) is 9.80 Å². The van der Waals surface area contributed by atoms with E-state index in [9.17, 15) is 4.79 Å². The van der Waals surface area contributed by atoms with Gasteiger partial charge in [-0.2, -0.15) is 0 Å². The normalized spacial score (nSPS) is 36.0. The molecule has 0 aromatic heterocycles. The summed E-state index contributed by atoms with van der Waals surface area (Å²) in [5.74, 6) is 0. The molecule has 2 bridgehead atoms. The highest BCUT2D eigenvalue weighted by Gasteiger charge is 2.54. The van der Waals surface area contributed by atoms with Gasteiger partial charge in [-0.05, 0) is 25.3 Å². The summed E-state index contributed by atoms with van der Waals surface area (Å²) in [6.07, 6.45) is 2.29. The number of hydrogen-bond donors (Lipinski definition) is 0. The van der Waals surface area contributed by atoms with Gasteiger partial charge in [-0.3, -0.25) is 9.80 Å². The second-order valence-electron chi connectivity index (χ2n) is 6.19. The van der Waals surface area contributed by atoms with Gasteiger partial charge in [-0.15, -0.1) is 0 Å². The van der Waals surface area contributed by atoms with Crippen molar-refractivity contribution in [2.24, 2.45) is 0 Å². The smallest absolute Gasteiger partial charge is 0.410 e. The van der Waals surface area contributed by atoms with Crippen LogP contribution in [0.3, 0.4) is 0 Å². The second-order valence-corrected chi connectivity index (χ2v) is 6.19.